The van der Waals surface area contributed by atoms with Crippen LogP contribution >= 0.6 is 0 Å². The van der Waals surface area contributed by atoms with E-state index in [0.717, 1.165) is 0 Å². The summed E-state index contributed by atoms with van der Waals surface area (Å²) in [4.78, 5) is 0. The standard InChI is InChI=1S/C23H34Ge2O/c1-5-18-25(19-6-2)20-17-23(26-24(25,3)4,21-13-9-7-10-14-21)22-15-11-8-12-16-22/h7-16H,5-6,17-20H2,1-4H3. The van der Waals surface area contributed by atoms with E-state index in [0.29, 0.717) is 0 Å². The third kappa shape index (κ3) is 3.59. The molecule has 2 aromatic carbocycles. The predicted molar refractivity (Wildman–Crippen MR) is 118 cm³/mol. The van der Waals surface area contributed by atoms with Crippen LogP contribution < -0.4 is 0 Å². The molecule has 0 bridgehead atoms. The second-order valence-electron chi connectivity index (χ2n) is 8.45. The first kappa shape index (κ1) is 20.2. The minimum atomic E-state index is -2.34. The molecule has 0 saturated carbocycles. The maximum atomic E-state index is 7.43. The SMILES string of the molecule is CC[CH2][Ge]1([CH2]CC)[CH2]CC(c2ccccc2)(c2ccccc2)[O][Ge]1([CH3])[CH3]. The van der Waals surface area contributed by atoms with Gasteiger partial charge in [-0.3, -0.25) is 0 Å². The van der Waals surface area contributed by atoms with Crippen LogP contribution in [-0.2, 0) is 9.36 Å². The first-order chi connectivity index (χ1) is 12.5. The fraction of sp³-hybridized carbons (Fsp3) is 0.478. The Labute approximate surface area is 164 Å². The van der Waals surface area contributed by atoms with Crippen LogP contribution in [0.3, 0.4) is 0 Å². The maximum absolute atomic E-state index is 7.43. The van der Waals surface area contributed by atoms with Crippen LogP contribution in [-0.4, -0.2) is 22.9 Å². The summed E-state index contributed by atoms with van der Waals surface area (Å²) in [6.45, 7) is 4.77. The second kappa shape index (κ2) is 8.24. The first-order valence-corrected chi connectivity index (χ1v) is 26.3. The van der Waals surface area contributed by atoms with Gasteiger partial charge in [-0.15, -0.1) is 0 Å². The fourth-order valence-corrected chi connectivity index (χ4v) is 50.1. The van der Waals surface area contributed by atoms with Gasteiger partial charge in [-0.25, -0.2) is 0 Å². The molecule has 1 nitrogen and oxygen atoms in total. The minimum absolute atomic E-state index is 0.220. The molecule has 0 atom stereocenters. The van der Waals surface area contributed by atoms with Crippen molar-refractivity contribution in [1.82, 2.24) is 0 Å². The van der Waals surface area contributed by atoms with Crippen molar-refractivity contribution >= 4 is 22.9 Å². The van der Waals surface area contributed by atoms with E-state index in [1.54, 1.807) is 0 Å². The van der Waals surface area contributed by atoms with Crippen molar-refractivity contribution < 1.29 is 3.76 Å². The molecule has 2 aromatic rings. The Morgan fingerprint density at radius 2 is 1.27 bits per heavy atom. The fourth-order valence-electron chi connectivity index (χ4n) is 5.23. The molecule has 3 rings (SSSR count). The average Bonchev–Trinajstić information content (AvgIpc) is 2.66. The Kier molecular flexibility index (Phi) is 6.41. The summed E-state index contributed by atoms with van der Waals surface area (Å²) in [5.74, 6) is 5.20. The monoisotopic (exact) mass is 474 g/mol. The zero-order valence-electron chi connectivity index (χ0n) is 16.9. The summed E-state index contributed by atoms with van der Waals surface area (Å²) >= 11 is -4.25. The van der Waals surface area contributed by atoms with E-state index in [9.17, 15) is 0 Å². The Morgan fingerprint density at radius 1 is 0.808 bits per heavy atom. The molecule has 0 spiro atoms. The van der Waals surface area contributed by atoms with Crippen molar-refractivity contribution in [2.75, 3.05) is 0 Å². The van der Waals surface area contributed by atoms with Crippen molar-refractivity contribution in [3.8, 4) is 0 Å². The van der Waals surface area contributed by atoms with Gasteiger partial charge in [0.25, 0.3) is 0 Å². The first-order valence-electron chi connectivity index (χ1n) is 10.3. The van der Waals surface area contributed by atoms with Crippen LogP contribution in [0.5, 0.6) is 0 Å². The van der Waals surface area contributed by atoms with Gasteiger partial charge in [0, 0.05) is 0 Å². The topological polar surface area (TPSA) is 9.23 Å². The van der Waals surface area contributed by atoms with E-state index in [2.05, 4.69) is 86.0 Å². The van der Waals surface area contributed by atoms with Crippen LogP contribution in [0.2, 0.25) is 27.3 Å². The quantitative estimate of drug-likeness (QED) is 0.416. The number of rotatable bonds is 6. The van der Waals surface area contributed by atoms with E-state index in [1.165, 1.54) is 46.1 Å². The molecule has 3 heteroatoms. The van der Waals surface area contributed by atoms with E-state index in [-0.39, 0.29) is 5.60 Å². The number of benzene rings is 2. The van der Waals surface area contributed by atoms with Crippen molar-refractivity contribution in [1.29, 1.82) is 0 Å². The van der Waals surface area contributed by atoms with Gasteiger partial charge >= 0.3 is 164 Å². The molecule has 0 aromatic heterocycles. The van der Waals surface area contributed by atoms with Crippen LogP contribution in [0.4, 0.5) is 0 Å². The molecule has 1 heterocycles. The van der Waals surface area contributed by atoms with E-state index < -0.39 is 22.9 Å². The summed E-state index contributed by atoms with van der Waals surface area (Å²) in [6, 6.07) is 22.1. The molecule has 1 fully saturated rings. The van der Waals surface area contributed by atoms with Crippen molar-refractivity contribution in [3.63, 3.8) is 0 Å². The molecular weight excluding hydrogens is 437 g/mol. The third-order valence-corrected chi connectivity index (χ3v) is 59.5. The number of hydrogen-bond donors (Lipinski definition) is 0. The molecule has 0 amide bonds. The Balaban J connectivity index is 2.09. The summed E-state index contributed by atoms with van der Waals surface area (Å²) in [7, 11) is 0. The molecule has 0 unspecified atom stereocenters. The Bertz CT molecular complexity index is 651. The molecule has 26 heavy (non-hydrogen) atoms. The zero-order chi connectivity index (χ0) is 18.7. The molecule has 1 saturated heterocycles. The summed E-state index contributed by atoms with van der Waals surface area (Å²) < 4.78 is 7.43. The molecule has 0 aliphatic carbocycles. The van der Waals surface area contributed by atoms with E-state index >= 15 is 0 Å². The van der Waals surface area contributed by atoms with Crippen LogP contribution in [0.1, 0.15) is 44.2 Å². The van der Waals surface area contributed by atoms with Crippen LogP contribution in [0, 0.1) is 0 Å². The van der Waals surface area contributed by atoms with Gasteiger partial charge in [-0.05, 0) is 0 Å². The Morgan fingerprint density at radius 3 is 1.65 bits per heavy atom. The van der Waals surface area contributed by atoms with Crippen molar-refractivity contribution in [2.24, 2.45) is 0 Å². The van der Waals surface area contributed by atoms with Gasteiger partial charge in [-0.2, -0.15) is 0 Å². The molecule has 0 N–H and O–H groups in total. The van der Waals surface area contributed by atoms with Crippen molar-refractivity contribution in [2.45, 2.75) is 66.0 Å². The van der Waals surface area contributed by atoms with Gasteiger partial charge < -0.3 is 0 Å². The van der Waals surface area contributed by atoms with Gasteiger partial charge in [0.15, 0.2) is 0 Å². The molecule has 1 aliphatic rings. The normalized spacial score (nSPS) is 20.6. The van der Waals surface area contributed by atoms with Crippen LogP contribution in [0.25, 0.3) is 0 Å². The number of hydrogen-bond acceptors (Lipinski definition) is 1. The summed E-state index contributed by atoms with van der Waals surface area (Å²) in [6.07, 6.45) is 3.87. The average molecular weight is 472 g/mol. The van der Waals surface area contributed by atoms with Crippen molar-refractivity contribution in [3.05, 3.63) is 71.8 Å². The molecule has 0 radical (unpaired) electrons. The van der Waals surface area contributed by atoms with Gasteiger partial charge in [0.2, 0.25) is 0 Å². The Hall–Kier alpha value is -0.514. The van der Waals surface area contributed by atoms with E-state index in [4.69, 9.17) is 3.76 Å². The third-order valence-electron chi connectivity index (χ3n) is 6.60. The molecule has 1 aliphatic heterocycles. The molecule has 140 valence electrons. The van der Waals surface area contributed by atoms with Gasteiger partial charge in [0.05, 0.1) is 0 Å². The van der Waals surface area contributed by atoms with Gasteiger partial charge in [0.1, 0.15) is 0 Å². The molecular formula is C23H34Ge2O. The van der Waals surface area contributed by atoms with Crippen LogP contribution in [0.15, 0.2) is 60.7 Å². The predicted octanol–water partition coefficient (Wildman–Crippen LogP) is 6.90. The second-order valence-corrected chi connectivity index (χ2v) is 48.4. The van der Waals surface area contributed by atoms with Gasteiger partial charge in [-0.1, -0.05) is 0 Å². The van der Waals surface area contributed by atoms with E-state index in [1.807, 2.05) is 0 Å². The summed E-state index contributed by atoms with van der Waals surface area (Å²) in [5, 5.41) is 4.51. The zero-order valence-corrected chi connectivity index (χ0v) is 21.1. The summed E-state index contributed by atoms with van der Waals surface area (Å²) in [5.41, 5.74) is 2.49.